The van der Waals surface area contributed by atoms with E-state index in [1.54, 1.807) is 6.92 Å². The van der Waals surface area contributed by atoms with E-state index in [1.165, 1.54) is 4.90 Å². The van der Waals surface area contributed by atoms with Gasteiger partial charge in [-0.25, -0.2) is 4.79 Å². The number of hydrogen-bond acceptors (Lipinski definition) is 2. The number of amides is 2. The number of likely N-dealkylation sites (tertiary alicyclic amines) is 1. The summed E-state index contributed by atoms with van der Waals surface area (Å²) in [5, 5.41) is 11.7. The van der Waals surface area contributed by atoms with Gasteiger partial charge in [0, 0.05) is 17.6 Å². The van der Waals surface area contributed by atoms with Gasteiger partial charge in [-0.1, -0.05) is 22.5 Å². The lowest BCUT2D eigenvalue weighted by molar-refractivity contribution is -0.146. The van der Waals surface area contributed by atoms with Gasteiger partial charge >= 0.3 is 12.0 Å². The quantitative estimate of drug-likeness (QED) is 0.825. The number of urea groups is 1. The lowest BCUT2D eigenvalue weighted by Crippen LogP contribution is -2.41. The predicted octanol–water partition coefficient (Wildman–Crippen LogP) is 1.40. The minimum Gasteiger partial charge on any atom is -0.481 e. The van der Waals surface area contributed by atoms with Crippen molar-refractivity contribution in [3.8, 4) is 0 Å². The third kappa shape index (κ3) is 2.98. The van der Waals surface area contributed by atoms with Crippen molar-refractivity contribution in [1.29, 1.82) is 0 Å². The zero-order valence-corrected chi connectivity index (χ0v) is 10.7. The Bertz CT molecular complexity index is 332. The van der Waals surface area contributed by atoms with E-state index in [1.807, 2.05) is 0 Å². The summed E-state index contributed by atoms with van der Waals surface area (Å²) in [5.74, 6) is -0.854. The lowest BCUT2D eigenvalue weighted by atomic mass is 9.90. The molecule has 2 amide bonds. The van der Waals surface area contributed by atoms with Crippen molar-refractivity contribution in [2.24, 2.45) is 5.41 Å². The molecule has 1 unspecified atom stereocenters. The Balaban J connectivity index is 2.50. The van der Waals surface area contributed by atoms with Gasteiger partial charge in [-0.3, -0.25) is 4.79 Å². The molecular formula is C10H15BrN2O3. The standard InChI is InChI=1S/C10H15BrN2O3/c1-7(11)5-12-9(16)13-4-3-10(2,6-13)8(14)15/h1,3-6H2,2H3,(H,12,16)(H,14,15). The van der Waals surface area contributed by atoms with E-state index in [-0.39, 0.29) is 12.6 Å². The van der Waals surface area contributed by atoms with Crippen LogP contribution in [-0.4, -0.2) is 41.6 Å². The Labute approximate surface area is 103 Å². The normalized spacial score (nSPS) is 24.2. The van der Waals surface area contributed by atoms with Crippen LogP contribution in [0.25, 0.3) is 0 Å². The molecule has 1 saturated heterocycles. The van der Waals surface area contributed by atoms with E-state index in [9.17, 15) is 9.59 Å². The van der Waals surface area contributed by atoms with Crippen LogP contribution in [0.2, 0.25) is 0 Å². The summed E-state index contributed by atoms with van der Waals surface area (Å²) >= 11 is 3.14. The first-order chi connectivity index (χ1) is 7.35. The molecule has 2 N–H and O–H groups in total. The van der Waals surface area contributed by atoms with E-state index in [0.717, 1.165) is 0 Å². The topological polar surface area (TPSA) is 69.6 Å². The van der Waals surface area contributed by atoms with Gasteiger partial charge in [-0.15, -0.1) is 0 Å². The Morgan fingerprint density at radius 2 is 2.25 bits per heavy atom. The van der Waals surface area contributed by atoms with E-state index < -0.39 is 11.4 Å². The first kappa shape index (κ1) is 13.0. The molecule has 1 fully saturated rings. The van der Waals surface area contributed by atoms with Crippen molar-refractivity contribution in [3.05, 3.63) is 11.1 Å². The number of aliphatic carboxylic acids is 1. The molecule has 0 aromatic carbocycles. The van der Waals surface area contributed by atoms with Gasteiger partial charge in [-0.05, 0) is 13.3 Å². The highest BCUT2D eigenvalue weighted by Crippen LogP contribution is 2.29. The molecule has 1 heterocycles. The van der Waals surface area contributed by atoms with Crippen LogP contribution in [0.5, 0.6) is 0 Å². The highest BCUT2D eigenvalue weighted by atomic mass is 79.9. The first-order valence-electron chi connectivity index (χ1n) is 4.94. The Morgan fingerprint density at radius 1 is 1.62 bits per heavy atom. The van der Waals surface area contributed by atoms with Crippen LogP contribution in [0.4, 0.5) is 4.79 Å². The molecule has 6 heteroatoms. The molecule has 0 aromatic rings. The summed E-state index contributed by atoms with van der Waals surface area (Å²) in [4.78, 5) is 24.1. The molecule has 0 saturated carbocycles. The number of rotatable bonds is 3. The van der Waals surface area contributed by atoms with E-state index in [2.05, 4.69) is 27.8 Å². The van der Waals surface area contributed by atoms with Gasteiger partial charge in [0.05, 0.1) is 12.0 Å². The maximum absolute atomic E-state index is 11.6. The summed E-state index contributed by atoms with van der Waals surface area (Å²) in [6.07, 6.45) is 0.491. The van der Waals surface area contributed by atoms with Crippen molar-refractivity contribution < 1.29 is 14.7 Å². The van der Waals surface area contributed by atoms with Crippen molar-refractivity contribution >= 4 is 27.9 Å². The fourth-order valence-electron chi connectivity index (χ4n) is 1.59. The highest BCUT2D eigenvalue weighted by Gasteiger charge is 2.42. The van der Waals surface area contributed by atoms with Crippen LogP contribution in [0.1, 0.15) is 13.3 Å². The van der Waals surface area contributed by atoms with Crippen molar-refractivity contribution in [2.75, 3.05) is 19.6 Å². The van der Waals surface area contributed by atoms with Crippen LogP contribution in [0, 0.1) is 5.41 Å². The van der Waals surface area contributed by atoms with Crippen LogP contribution < -0.4 is 5.32 Å². The van der Waals surface area contributed by atoms with Crippen LogP contribution in [0.15, 0.2) is 11.1 Å². The molecule has 0 aliphatic carbocycles. The molecule has 1 aliphatic rings. The molecule has 0 spiro atoms. The molecule has 90 valence electrons. The van der Waals surface area contributed by atoms with Gasteiger partial charge in [0.15, 0.2) is 0 Å². The van der Waals surface area contributed by atoms with E-state index >= 15 is 0 Å². The van der Waals surface area contributed by atoms with Gasteiger partial charge in [0.1, 0.15) is 0 Å². The first-order valence-corrected chi connectivity index (χ1v) is 5.74. The number of carbonyl (C=O) groups excluding carboxylic acids is 1. The molecule has 16 heavy (non-hydrogen) atoms. The minimum atomic E-state index is -0.854. The number of carboxylic acid groups (broad SMARTS) is 1. The summed E-state index contributed by atoms with van der Waals surface area (Å²) in [6.45, 7) is 6.33. The van der Waals surface area contributed by atoms with E-state index in [4.69, 9.17) is 5.11 Å². The third-order valence-electron chi connectivity index (χ3n) is 2.71. The van der Waals surface area contributed by atoms with Gasteiger partial charge in [0.2, 0.25) is 0 Å². The summed E-state index contributed by atoms with van der Waals surface area (Å²) in [5.41, 5.74) is -0.817. The van der Waals surface area contributed by atoms with Gasteiger partial charge in [0.25, 0.3) is 0 Å². The third-order valence-corrected chi connectivity index (χ3v) is 2.99. The second kappa shape index (κ2) is 4.86. The van der Waals surface area contributed by atoms with Crippen molar-refractivity contribution in [1.82, 2.24) is 10.2 Å². The van der Waals surface area contributed by atoms with Crippen molar-refractivity contribution in [3.63, 3.8) is 0 Å². The largest absolute Gasteiger partial charge is 0.481 e. The number of nitrogens with zero attached hydrogens (tertiary/aromatic N) is 1. The predicted molar refractivity (Wildman–Crippen MR) is 63.4 cm³/mol. The number of carboxylic acids is 1. The average Bonchev–Trinajstić information content (AvgIpc) is 2.59. The number of nitrogens with one attached hydrogen (secondary N) is 1. The Morgan fingerprint density at radius 3 is 2.69 bits per heavy atom. The minimum absolute atomic E-state index is 0.245. The summed E-state index contributed by atoms with van der Waals surface area (Å²) < 4.78 is 0.682. The summed E-state index contributed by atoms with van der Waals surface area (Å²) in [7, 11) is 0. The molecule has 1 atom stereocenters. The maximum Gasteiger partial charge on any atom is 0.317 e. The number of carbonyl (C=O) groups is 2. The Hall–Kier alpha value is -1.04. The lowest BCUT2D eigenvalue weighted by Gasteiger charge is -2.20. The fraction of sp³-hybridized carbons (Fsp3) is 0.600. The fourth-order valence-corrected chi connectivity index (χ4v) is 1.73. The molecular weight excluding hydrogens is 276 g/mol. The smallest absolute Gasteiger partial charge is 0.317 e. The molecule has 1 rings (SSSR count). The molecule has 1 aliphatic heterocycles. The molecule has 0 aromatic heterocycles. The van der Waals surface area contributed by atoms with Crippen LogP contribution >= 0.6 is 15.9 Å². The number of hydrogen-bond donors (Lipinski definition) is 2. The summed E-state index contributed by atoms with van der Waals surface area (Å²) in [6, 6.07) is -0.245. The number of halogens is 1. The monoisotopic (exact) mass is 290 g/mol. The highest BCUT2D eigenvalue weighted by molar-refractivity contribution is 9.11. The molecule has 0 radical (unpaired) electrons. The van der Waals surface area contributed by atoms with E-state index in [0.29, 0.717) is 24.0 Å². The SMILES string of the molecule is C=C(Br)CNC(=O)N1CCC(C)(C(=O)O)C1. The molecule has 5 nitrogen and oxygen atoms in total. The van der Waals surface area contributed by atoms with Gasteiger partial charge in [-0.2, -0.15) is 0 Å². The maximum atomic E-state index is 11.6. The average molecular weight is 291 g/mol. The van der Waals surface area contributed by atoms with Crippen LogP contribution in [0.3, 0.4) is 0 Å². The molecule has 0 bridgehead atoms. The Kier molecular flexibility index (Phi) is 3.96. The zero-order chi connectivity index (χ0) is 12.3. The van der Waals surface area contributed by atoms with Crippen LogP contribution in [-0.2, 0) is 4.79 Å². The second-order valence-electron chi connectivity index (χ2n) is 4.21. The van der Waals surface area contributed by atoms with Crippen molar-refractivity contribution in [2.45, 2.75) is 13.3 Å². The second-order valence-corrected chi connectivity index (χ2v) is 5.33. The zero-order valence-electron chi connectivity index (χ0n) is 9.12. The van der Waals surface area contributed by atoms with Gasteiger partial charge < -0.3 is 15.3 Å².